The first-order valence-corrected chi connectivity index (χ1v) is 9.32. The predicted octanol–water partition coefficient (Wildman–Crippen LogP) is 3.37. The molecule has 25 heavy (non-hydrogen) atoms. The molecule has 1 aromatic heterocycles. The molecule has 0 saturated heterocycles. The summed E-state index contributed by atoms with van der Waals surface area (Å²) in [4.78, 5) is 35.5. The van der Waals surface area contributed by atoms with E-state index in [-0.39, 0.29) is 23.9 Å². The smallest absolute Gasteiger partial charge is 0.318 e. The predicted molar refractivity (Wildman–Crippen MR) is 96.7 cm³/mol. The number of para-hydroxylation sites is 1. The minimum atomic E-state index is -0.964. The zero-order valence-corrected chi connectivity index (χ0v) is 15.3. The second-order valence-corrected chi connectivity index (χ2v) is 6.45. The van der Waals surface area contributed by atoms with Gasteiger partial charge in [-0.15, -0.1) is 0 Å². The number of esters is 1. The number of benzene rings is 1. The first-order valence-electron chi connectivity index (χ1n) is 7.71. The highest BCUT2D eigenvalue weighted by molar-refractivity contribution is 7.98. The van der Waals surface area contributed by atoms with E-state index in [1.54, 1.807) is 6.92 Å². The van der Waals surface area contributed by atoms with Crippen molar-refractivity contribution >= 4 is 46.6 Å². The number of ether oxygens (including phenoxy) is 1. The van der Waals surface area contributed by atoms with E-state index >= 15 is 0 Å². The molecule has 1 aliphatic heterocycles. The van der Waals surface area contributed by atoms with Gasteiger partial charge in [0, 0.05) is 12.2 Å². The lowest BCUT2D eigenvalue weighted by Gasteiger charge is -2.33. The number of Topliss-reactive ketones (excluding diaryl/α,β-unsaturated/α-hetero) is 1. The number of halogens is 1. The van der Waals surface area contributed by atoms with Crippen molar-refractivity contribution in [2.45, 2.75) is 12.1 Å². The number of hydrogen-bond donors (Lipinski definition) is 0. The molecule has 1 aliphatic rings. The van der Waals surface area contributed by atoms with Crippen LogP contribution in [0.1, 0.15) is 17.3 Å². The number of hydrogen-bond acceptors (Lipinski definition) is 7. The molecular weight excluding hydrogens is 362 g/mol. The third kappa shape index (κ3) is 3.34. The Morgan fingerprint density at radius 2 is 2.08 bits per heavy atom. The summed E-state index contributed by atoms with van der Waals surface area (Å²) in [6.07, 6.45) is 1.83. The van der Waals surface area contributed by atoms with Crippen molar-refractivity contribution in [1.82, 2.24) is 9.97 Å². The quantitative estimate of drug-likeness (QED) is 0.266. The van der Waals surface area contributed by atoms with Gasteiger partial charge in [0.1, 0.15) is 16.9 Å². The first kappa shape index (κ1) is 17.7. The second kappa shape index (κ2) is 7.41. The molecule has 1 unspecified atom stereocenters. The highest BCUT2D eigenvalue weighted by Crippen LogP contribution is 2.38. The number of carbonyl (C=O) groups is 2. The molecule has 0 bridgehead atoms. The van der Waals surface area contributed by atoms with Crippen molar-refractivity contribution in [1.29, 1.82) is 0 Å². The Morgan fingerprint density at radius 3 is 2.72 bits per heavy atom. The van der Waals surface area contributed by atoms with Crippen molar-refractivity contribution < 1.29 is 14.3 Å². The van der Waals surface area contributed by atoms with Gasteiger partial charge >= 0.3 is 5.97 Å². The van der Waals surface area contributed by atoms with Gasteiger partial charge in [0.25, 0.3) is 0 Å². The molecule has 0 amide bonds. The van der Waals surface area contributed by atoms with E-state index in [2.05, 4.69) is 9.97 Å². The largest absolute Gasteiger partial charge is 0.465 e. The SMILES string of the molecule is CCOC(=O)C1CN(c2ccccc2)c2nc(SC)nc(Cl)c2C1=O. The summed E-state index contributed by atoms with van der Waals surface area (Å²) >= 11 is 7.59. The minimum Gasteiger partial charge on any atom is -0.465 e. The fourth-order valence-corrected chi connectivity index (χ4v) is 3.36. The molecule has 2 aromatic rings. The number of thioether (sulfide) groups is 1. The van der Waals surface area contributed by atoms with Gasteiger partial charge in [-0.1, -0.05) is 41.6 Å². The average molecular weight is 378 g/mol. The third-order valence-electron chi connectivity index (χ3n) is 3.83. The van der Waals surface area contributed by atoms with Gasteiger partial charge in [-0.3, -0.25) is 9.59 Å². The molecule has 0 fully saturated rings. The fraction of sp³-hybridized carbons (Fsp3) is 0.294. The number of aromatic nitrogens is 2. The second-order valence-electron chi connectivity index (χ2n) is 5.31. The van der Waals surface area contributed by atoms with Gasteiger partial charge in [0.15, 0.2) is 10.9 Å². The summed E-state index contributed by atoms with van der Waals surface area (Å²) in [6.45, 7) is 2.06. The minimum absolute atomic E-state index is 0.0503. The van der Waals surface area contributed by atoms with Gasteiger partial charge in [-0.05, 0) is 25.3 Å². The Bertz CT molecular complexity index is 816. The van der Waals surface area contributed by atoms with Gasteiger partial charge in [0.05, 0.1) is 12.2 Å². The molecule has 0 aliphatic carbocycles. The van der Waals surface area contributed by atoms with Crippen molar-refractivity contribution in [3.8, 4) is 0 Å². The van der Waals surface area contributed by atoms with E-state index in [0.717, 1.165) is 5.69 Å². The molecule has 130 valence electrons. The van der Waals surface area contributed by atoms with Crippen LogP contribution in [0.2, 0.25) is 5.15 Å². The highest BCUT2D eigenvalue weighted by atomic mass is 35.5. The van der Waals surface area contributed by atoms with Crippen LogP contribution in [0, 0.1) is 5.92 Å². The average Bonchev–Trinajstić information content (AvgIpc) is 2.62. The lowest BCUT2D eigenvalue weighted by Crippen LogP contribution is -2.42. The van der Waals surface area contributed by atoms with Crippen LogP contribution in [0.15, 0.2) is 35.5 Å². The van der Waals surface area contributed by atoms with Crippen LogP contribution in [0.3, 0.4) is 0 Å². The summed E-state index contributed by atoms with van der Waals surface area (Å²) in [6, 6.07) is 9.42. The summed E-state index contributed by atoms with van der Waals surface area (Å²) < 4.78 is 5.06. The molecule has 0 spiro atoms. The Morgan fingerprint density at radius 1 is 1.36 bits per heavy atom. The number of carbonyl (C=O) groups excluding carboxylic acids is 2. The van der Waals surface area contributed by atoms with Crippen molar-refractivity contribution in [3.05, 3.63) is 41.0 Å². The first-order chi connectivity index (χ1) is 12.1. The van der Waals surface area contributed by atoms with E-state index in [1.165, 1.54) is 11.8 Å². The van der Waals surface area contributed by atoms with Gasteiger partial charge in [-0.2, -0.15) is 0 Å². The van der Waals surface area contributed by atoms with Crippen LogP contribution >= 0.6 is 23.4 Å². The van der Waals surface area contributed by atoms with E-state index in [9.17, 15) is 9.59 Å². The molecule has 0 saturated carbocycles. The summed E-state index contributed by atoms with van der Waals surface area (Å²) in [7, 11) is 0. The summed E-state index contributed by atoms with van der Waals surface area (Å²) in [5.74, 6) is -1.52. The van der Waals surface area contributed by atoms with Crippen molar-refractivity contribution in [2.75, 3.05) is 24.3 Å². The summed E-state index contributed by atoms with van der Waals surface area (Å²) in [5, 5.41) is 0.515. The van der Waals surface area contributed by atoms with Crippen LogP contribution < -0.4 is 4.90 Å². The molecule has 0 radical (unpaired) electrons. The van der Waals surface area contributed by atoms with Crippen molar-refractivity contribution in [3.63, 3.8) is 0 Å². The molecule has 2 heterocycles. The number of nitrogens with zero attached hydrogens (tertiary/aromatic N) is 3. The molecular formula is C17H16ClN3O3S. The molecule has 6 nitrogen and oxygen atoms in total. The van der Waals surface area contributed by atoms with Crippen LogP contribution in [-0.2, 0) is 9.53 Å². The number of rotatable bonds is 4. The number of fused-ring (bicyclic) bond motifs is 1. The van der Waals surface area contributed by atoms with Gasteiger partial charge in [-0.25, -0.2) is 9.97 Å². The monoisotopic (exact) mass is 377 g/mol. The third-order valence-corrected chi connectivity index (χ3v) is 4.65. The maximum atomic E-state index is 12.8. The van der Waals surface area contributed by atoms with E-state index < -0.39 is 17.7 Å². The number of ketones is 1. The van der Waals surface area contributed by atoms with Crippen LogP contribution in [0.25, 0.3) is 0 Å². The molecule has 1 atom stereocenters. The van der Waals surface area contributed by atoms with Gasteiger partial charge < -0.3 is 9.64 Å². The lowest BCUT2D eigenvalue weighted by atomic mass is 9.93. The maximum Gasteiger partial charge on any atom is 0.318 e. The fourth-order valence-electron chi connectivity index (χ4n) is 2.69. The van der Waals surface area contributed by atoms with Crippen LogP contribution in [0.4, 0.5) is 11.5 Å². The summed E-state index contributed by atoms with van der Waals surface area (Å²) in [5.41, 5.74) is 0.972. The zero-order valence-electron chi connectivity index (χ0n) is 13.7. The Balaban J connectivity index is 2.15. The molecule has 0 N–H and O–H groups in total. The topological polar surface area (TPSA) is 72.4 Å². The van der Waals surface area contributed by atoms with Crippen LogP contribution in [-0.4, -0.2) is 41.1 Å². The molecule has 3 rings (SSSR count). The maximum absolute atomic E-state index is 12.8. The molecule has 8 heteroatoms. The van der Waals surface area contributed by atoms with Crippen molar-refractivity contribution in [2.24, 2.45) is 5.92 Å². The van der Waals surface area contributed by atoms with Gasteiger partial charge in [0.2, 0.25) is 0 Å². The number of anilines is 2. The standard InChI is InChI=1S/C17H16ClN3O3S/c1-3-24-16(23)11-9-21(10-7-5-4-6-8-10)15-12(13(11)22)14(18)19-17(20-15)25-2/h4-8,11H,3,9H2,1-2H3. The Hall–Kier alpha value is -2.12. The lowest BCUT2D eigenvalue weighted by molar-refractivity contribution is -0.145. The Kier molecular flexibility index (Phi) is 5.24. The molecule has 1 aromatic carbocycles. The Labute approximate surface area is 154 Å². The zero-order chi connectivity index (χ0) is 18.0. The van der Waals surface area contributed by atoms with E-state index in [4.69, 9.17) is 16.3 Å². The van der Waals surface area contributed by atoms with E-state index in [0.29, 0.717) is 11.0 Å². The normalized spacial score (nSPS) is 16.5. The highest BCUT2D eigenvalue weighted by Gasteiger charge is 2.41. The van der Waals surface area contributed by atoms with E-state index in [1.807, 2.05) is 41.5 Å². The van der Waals surface area contributed by atoms with Crippen LogP contribution in [0.5, 0.6) is 0 Å².